The van der Waals surface area contributed by atoms with Gasteiger partial charge in [0.15, 0.2) is 0 Å². The van der Waals surface area contributed by atoms with Gasteiger partial charge in [-0.2, -0.15) is 0 Å². The van der Waals surface area contributed by atoms with Crippen molar-refractivity contribution in [3.8, 4) is 0 Å². The Kier molecular flexibility index (Phi) is 22.7. The Balaban J connectivity index is 3.28. The number of carboxylic acids is 1. The first-order valence-electron chi connectivity index (χ1n) is 12.8. The molecule has 0 radical (unpaired) electrons. The van der Waals surface area contributed by atoms with Crippen molar-refractivity contribution in [3.63, 3.8) is 0 Å². The van der Waals surface area contributed by atoms with Gasteiger partial charge in [0.25, 0.3) is 0 Å². The molecule has 176 valence electrons. The standard InChI is InChI=1S/C27H49BrO2/c1-3-25(2)21-17-15-13-11-9-7-5-4-6-8-10-12-14-16-18-22-26(28)23-19-20-24-27(29)30/h14,16,23,25H,3-13,15,17-22,24H2,1-2H3,(H,29,30)/b16-14-,26-23+. The fourth-order valence-electron chi connectivity index (χ4n) is 3.62. The van der Waals surface area contributed by atoms with Gasteiger partial charge in [0, 0.05) is 6.42 Å². The molecule has 1 unspecified atom stereocenters. The zero-order valence-electron chi connectivity index (χ0n) is 20.0. The van der Waals surface area contributed by atoms with E-state index in [0.29, 0.717) is 0 Å². The lowest BCUT2D eigenvalue weighted by Crippen LogP contribution is -1.92. The number of rotatable bonds is 22. The molecule has 0 amide bonds. The first-order chi connectivity index (χ1) is 14.6. The minimum Gasteiger partial charge on any atom is -0.481 e. The van der Waals surface area contributed by atoms with Crippen LogP contribution >= 0.6 is 15.9 Å². The molecule has 0 fully saturated rings. The lowest BCUT2D eigenvalue weighted by atomic mass is 9.99. The van der Waals surface area contributed by atoms with Gasteiger partial charge in [0.1, 0.15) is 0 Å². The highest BCUT2D eigenvalue weighted by atomic mass is 79.9. The summed E-state index contributed by atoms with van der Waals surface area (Å²) in [4.78, 5) is 10.5. The van der Waals surface area contributed by atoms with Crippen molar-refractivity contribution in [1.82, 2.24) is 0 Å². The Morgan fingerprint density at radius 2 is 1.30 bits per heavy atom. The summed E-state index contributed by atoms with van der Waals surface area (Å²) in [5, 5.41) is 8.62. The summed E-state index contributed by atoms with van der Waals surface area (Å²) < 4.78 is 1.20. The zero-order chi connectivity index (χ0) is 22.3. The van der Waals surface area contributed by atoms with Gasteiger partial charge < -0.3 is 5.11 Å². The normalized spacial score (nSPS) is 13.2. The van der Waals surface area contributed by atoms with Gasteiger partial charge in [-0.1, -0.05) is 125 Å². The van der Waals surface area contributed by atoms with E-state index in [1.165, 1.54) is 94.4 Å². The number of allylic oxidation sites excluding steroid dienone is 4. The topological polar surface area (TPSA) is 37.3 Å². The van der Waals surface area contributed by atoms with E-state index in [2.05, 4.69) is 48.0 Å². The molecule has 0 aliphatic heterocycles. The van der Waals surface area contributed by atoms with Crippen LogP contribution in [0.2, 0.25) is 0 Å². The van der Waals surface area contributed by atoms with Gasteiger partial charge in [-0.3, -0.25) is 4.79 Å². The predicted octanol–water partition coefficient (Wildman–Crippen LogP) is 9.97. The maximum Gasteiger partial charge on any atom is 0.303 e. The van der Waals surface area contributed by atoms with E-state index in [4.69, 9.17) is 5.11 Å². The van der Waals surface area contributed by atoms with Crippen LogP contribution in [-0.2, 0) is 4.79 Å². The summed E-state index contributed by atoms with van der Waals surface area (Å²) in [5.41, 5.74) is 0. The third-order valence-electron chi connectivity index (χ3n) is 5.94. The summed E-state index contributed by atoms with van der Waals surface area (Å²) in [6.07, 6.45) is 30.2. The molecule has 0 heterocycles. The minimum absolute atomic E-state index is 0.259. The molecule has 0 aliphatic rings. The highest BCUT2D eigenvalue weighted by molar-refractivity contribution is 9.11. The molecule has 0 saturated carbocycles. The number of carbonyl (C=O) groups is 1. The maximum absolute atomic E-state index is 10.5. The van der Waals surface area contributed by atoms with Crippen molar-refractivity contribution in [2.24, 2.45) is 5.92 Å². The van der Waals surface area contributed by atoms with Crippen LogP contribution in [0.5, 0.6) is 0 Å². The van der Waals surface area contributed by atoms with Gasteiger partial charge in [-0.25, -0.2) is 0 Å². The number of aliphatic carboxylic acids is 1. The lowest BCUT2D eigenvalue weighted by Gasteiger charge is -2.07. The summed E-state index contributed by atoms with van der Waals surface area (Å²) in [6.45, 7) is 4.68. The Labute approximate surface area is 196 Å². The minimum atomic E-state index is -0.708. The Hall–Kier alpha value is -0.570. The second kappa shape index (κ2) is 23.1. The first-order valence-corrected chi connectivity index (χ1v) is 13.6. The molecule has 1 atom stereocenters. The van der Waals surface area contributed by atoms with E-state index in [0.717, 1.165) is 31.6 Å². The molecule has 0 saturated heterocycles. The van der Waals surface area contributed by atoms with Crippen LogP contribution in [0.1, 0.15) is 136 Å². The van der Waals surface area contributed by atoms with Gasteiger partial charge in [-0.15, -0.1) is 0 Å². The first kappa shape index (κ1) is 29.4. The largest absolute Gasteiger partial charge is 0.481 e. The molecule has 0 aromatic heterocycles. The molecule has 1 N–H and O–H groups in total. The van der Waals surface area contributed by atoms with Crippen molar-refractivity contribution in [2.75, 3.05) is 0 Å². The maximum atomic E-state index is 10.5. The Morgan fingerprint density at radius 3 is 1.87 bits per heavy atom. The van der Waals surface area contributed by atoms with Gasteiger partial charge in [0.05, 0.1) is 0 Å². The van der Waals surface area contributed by atoms with E-state index in [9.17, 15) is 4.79 Å². The van der Waals surface area contributed by atoms with Crippen molar-refractivity contribution in [3.05, 3.63) is 22.7 Å². The highest BCUT2D eigenvalue weighted by Crippen LogP contribution is 2.17. The van der Waals surface area contributed by atoms with Gasteiger partial charge >= 0.3 is 5.97 Å². The third kappa shape index (κ3) is 23.7. The van der Waals surface area contributed by atoms with Crippen molar-refractivity contribution in [2.45, 2.75) is 136 Å². The summed E-state index contributed by atoms with van der Waals surface area (Å²) >= 11 is 3.58. The molecule has 0 aliphatic carbocycles. The number of carboxylic acid groups (broad SMARTS) is 1. The predicted molar refractivity (Wildman–Crippen MR) is 136 cm³/mol. The fraction of sp³-hybridized carbons (Fsp3) is 0.815. The van der Waals surface area contributed by atoms with Crippen LogP contribution in [0.25, 0.3) is 0 Å². The molecule has 0 spiro atoms. The highest BCUT2D eigenvalue weighted by Gasteiger charge is 1.98. The molecule has 0 rings (SSSR count). The molecule has 0 aromatic rings. The van der Waals surface area contributed by atoms with Crippen LogP contribution in [-0.4, -0.2) is 11.1 Å². The second-order valence-electron chi connectivity index (χ2n) is 8.93. The van der Waals surface area contributed by atoms with Gasteiger partial charge in [-0.05, 0) is 48.9 Å². The summed E-state index contributed by atoms with van der Waals surface area (Å²) in [6, 6.07) is 0. The van der Waals surface area contributed by atoms with Gasteiger partial charge in [0.2, 0.25) is 0 Å². The van der Waals surface area contributed by atoms with E-state index in [-0.39, 0.29) is 6.42 Å². The number of hydrogen-bond donors (Lipinski definition) is 1. The molecular formula is C27H49BrO2. The monoisotopic (exact) mass is 484 g/mol. The molecule has 0 bridgehead atoms. The summed E-state index contributed by atoms with van der Waals surface area (Å²) in [7, 11) is 0. The number of hydrogen-bond acceptors (Lipinski definition) is 1. The van der Waals surface area contributed by atoms with Crippen molar-refractivity contribution < 1.29 is 9.90 Å². The smallest absolute Gasteiger partial charge is 0.303 e. The summed E-state index contributed by atoms with van der Waals surface area (Å²) in [5.74, 6) is 0.216. The fourth-order valence-corrected chi connectivity index (χ4v) is 4.08. The van der Waals surface area contributed by atoms with Crippen molar-refractivity contribution >= 4 is 21.9 Å². The van der Waals surface area contributed by atoms with Crippen LogP contribution < -0.4 is 0 Å². The SMILES string of the molecule is CCC(C)CCCCCCCCCCCCC/C=C\CC/C(Br)=C\CCCC(=O)O. The van der Waals surface area contributed by atoms with Crippen LogP contribution in [0.3, 0.4) is 0 Å². The average Bonchev–Trinajstić information content (AvgIpc) is 2.73. The van der Waals surface area contributed by atoms with Crippen LogP contribution in [0.15, 0.2) is 22.7 Å². The quantitative estimate of drug-likeness (QED) is 0.122. The van der Waals surface area contributed by atoms with E-state index in [1.807, 2.05) is 0 Å². The molecule has 0 aromatic carbocycles. The zero-order valence-corrected chi connectivity index (χ0v) is 21.6. The van der Waals surface area contributed by atoms with E-state index < -0.39 is 5.97 Å². The molecular weight excluding hydrogens is 436 g/mol. The Bertz CT molecular complexity index is 442. The van der Waals surface area contributed by atoms with E-state index >= 15 is 0 Å². The third-order valence-corrected chi connectivity index (χ3v) is 6.66. The molecule has 3 heteroatoms. The van der Waals surface area contributed by atoms with Crippen LogP contribution in [0.4, 0.5) is 0 Å². The number of unbranched alkanes of at least 4 members (excludes halogenated alkanes) is 12. The second-order valence-corrected chi connectivity index (χ2v) is 9.95. The molecule has 2 nitrogen and oxygen atoms in total. The Morgan fingerprint density at radius 1 is 0.767 bits per heavy atom. The molecule has 30 heavy (non-hydrogen) atoms. The lowest BCUT2D eigenvalue weighted by molar-refractivity contribution is -0.137. The average molecular weight is 486 g/mol. The van der Waals surface area contributed by atoms with Crippen LogP contribution in [0, 0.1) is 5.92 Å². The number of halogens is 1. The van der Waals surface area contributed by atoms with Crippen molar-refractivity contribution in [1.29, 1.82) is 0 Å². The van der Waals surface area contributed by atoms with E-state index in [1.54, 1.807) is 0 Å².